The molecule has 1 fully saturated rings. The molecule has 6 aromatic rings. The van der Waals surface area contributed by atoms with Crippen molar-refractivity contribution in [3.8, 4) is 11.3 Å². The predicted molar refractivity (Wildman–Crippen MR) is 163 cm³/mol. The normalized spacial score (nSPS) is 13.9. The van der Waals surface area contributed by atoms with Crippen molar-refractivity contribution >= 4 is 28.3 Å². The van der Waals surface area contributed by atoms with Crippen LogP contribution in [-0.4, -0.2) is 46.1 Å². The van der Waals surface area contributed by atoms with Gasteiger partial charge in [0.2, 0.25) is 0 Å². The second kappa shape index (κ2) is 10.8. The molecule has 202 valence electrons. The molecule has 41 heavy (non-hydrogen) atoms. The Hall–Kier alpha value is -4.52. The fraction of sp³-hybridized carbons (Fsp3) is 0.147. The highest BCUT2D eigenvalue weighted by molar-refractivity contribution is 6.30. The zero-order valence-corrected chi connectivity index (χ0v) is 23.2. The second-order valence-corrected chi connectivity index (χ2v) is 10.5. The van der Waals surface area contributed by atoms with Crippen LogP contribution in [0.15, 0.2) is 122 Å². The van der Waals surface area contributed by atoms with E-state index in [1.165, 1.54) is 0 Å². The molecule has 1 saturated heterocycles. The Morgan fingerprint density at radius 3 is 1.88 bits per heavy atom. The molecule has 7 heteroatoms. The van der Waals surface area contributed by atoms with Crippen molar-refractivity contribution in [1.82, 2.24) is 19.7 Å². The first kappa shape index (κ1) is 25.4. The number of ether oxygens (including phenoxy) is 1. The summed E-state index contributed by atoms with van der Waals surface area (Å²) in [5, 5.41) is 6.78. The minimum absolute atomic E-state index is 0.422. The largest absolute Gasteiger partial charge is 0.378 e. The number of benzene rings is 3. The van der Waals surface area contributed by atoms with Gasteiger partial charge in [0, 0.05) is 30.2 Å². The zero-order chi connectivity index (χ0) is 27.6. The Bertz CT molecular complexity index is 1690. The van der Waals surface area contributed by atoms with Gasteiger partial charge in [0.05, 0.1) is 24.9 Å². The maximum atomic E-state index is 6.52. The Balaban J connectivity index is 1.54. The minimum Gasteiger partial charge on any atom is -0.378 e. The van der Waals surface area contributed by atoms with Gasteiger partial charge in [-0.1, -0.05) is 103 Å². The van der Waals surface area contributed by atoms with Crippen LogP contribution in [0.4, 0.5) is 5.82 Å². The Morgan fingerprint density at radius 1 is 0.707 bits per heavy atom. The van der Waals surface area contributed by atoms with Crippen molar-refractivity contribution in [3.63, 3.8) is 0 Å². The average molecular weight is 558 g/mol. The molecule has 0 radical (unpaired) electrons. The molecule has 0 amide bonds. The van der Waals surface area contributed by atoms with Gasteiger partial charge in [0.1, 0.15) is 22.2 Å². The predicted octanol–water partition coefficient (Wildman–Crippen LogP) is 6.82. The van der Waals surface area contributed by atoms with Crippen molar-refractivity contribution in [2.24, 2.45) is 0 Å². The third-order valence-corrected chi connectivity index (χ3v) is 7.99. The summed E-state index contributed by atoms with van der Waals surface area (Å²) in [5.74, 6) is 0.911. The van der Waals surface area contributed by atoms with Gasteiger partial charge in [-0.15, -0.1) is 0 Å². The Morgan fingerprint density at radius 2 is 1.29 bits per heavy atom. The molecule has 0 atom stereocenters. The molecule has 0 saturated carbocycles. The molecule has 0 aliphatic carbocycles. The minimum atomic E-state index is -0.782. The molecule has 0 spiro atoms. The second-order valence-electron chi connectivity index (χ2n) is 10.1. The number of morpholine rings is 1. The summed E-state index contributed by atoms with van der Waals surface area (Å²) in [6.45, 7) is 3.00. The molecule has 3 aromatic carbocycles. The molecule has 0 bridgehead atoms. The number of anilines is 1. The van der Waals surface area contributed by atoms with Gasteiger partial charge in [-0.05, 0) is 34.9 Å². The molecular weight excluding hydrogens is 530 g/mol. The van der Waals surface area contributed by atoms with Gasteiger partial charge >= 0.3 is 0 Å². The lowest BCUT2D eigenvalue weighted by Crippen LogP contribution is -2.38. The molecule has 0 N–H and O–H groups in total. The molecule has 0 unspecified atom stereocenters. The van der Waals surface area contributed by atoms with E-state index in [9.17, 15) is 0 Å². The Kier molecular flexibility index (Phi) is 6.71. The summed E-state index contributed by atoms with van der Waals surface area (Å²) in [7, 11) is 0. The summed E-state index contributed by atoms with van der Waals surface area (Å²) in [4.78, 5) is 11.5. The van der Waals surface area contributed by atoms with Crippen LogP contribution in [0.5, 0.6) is 0 Å². The topological polar surface area (TPSA) is 56.1 Å². The van der Waals surface area contributed by atoms with Crippen molar-refractivity contribution in [3.05, 3.63) is 143 Å². The maximum Gasteiger partial charge on any atom is 0.138 e. The number of halogens is 1. The van der Waals surface area contributed by atoms with Crippen molar-refractivity contribution < 1.29 is 4.74 Å². The number of fused-ring (bicyclic) bond motifs is 1. The molecule has 4 heterocycles. The summed E-state index contributed by atoms with van der Waals surface area (Å²) in [5.41, 5.74) is 5.16. The third kappa shape index (κ3) is 4.46. The van der Waals surface area contributed by atoms with Crippen molar-refractivity contribution in [1.29, 1.82) is 0 Å². The van der Waals surface area contributed by atoms with Gasteiger partial charge in [-0.3, -0.25) is 0 Å². The lowest BCUT2D eigenvalue weighted by Gasteiger charge is -2.37. The quantitative estimate of drug-likeness (QED) is 0.166. The Labute approximate surface area is 243 Å². The van der Waals surface area contributed by atoms with Gasteiger partial charge in [-0.25, -0.2) is 14.6 Å². The standard InChI is InChI=1S/C34H28ClN5O/c35-31-23-29-30(24-37-31)40(38-33(29)25-16-17-36-32(22-25)39-18-20-41-21-19-39)34(26-10-4-1-5-11-26,27-12-6-2-7-13-27)28-14-8-3-9-15-28/h1-17,22-24H,18-21H2. The van der Waals surface area contributed by atoms with Crippen LogP contribution in [0.1, 0.15) is 16.7 Å². The van der Waals surface area contributed by atoms with Gasteiger partial charge in [0.15, 0.2) is 0 Å². The van der Waals surface area contributed by atoms with E-state index in [0.717, 1.165) is 57.8 Å². The van der Waals surface area contributed by atoms with Crippen molar-refractivity contribution in [2.45, 2.75) is 5.54 Å². The molecule has 3 aromatic heterocycles. The van der Waals surface area contributed by atoms with E-state index in [1.54, 1.807) is 0 Å². The first-order valence-corrected chi connectivity index (χ1v) is 14.1. The van der Waals surface area contributed by atoms with Crippen LogP contribution >= 0.6 is 11.6 Å². The number of hydrogen-bond acceptors (Lipinski definition) is 5. The highest BCUT2D eigenvalue weighted by atomic mass is 35.5. The summed E-state index contributed by atoms with van der Waals surface area (Å²) in [6.07, 6.45) is 3.69. The van der Waals surface area contributed by atoms with E-state index >= 15 is 0 Å². The lowest BCUT2D eigenvalue weighted by molar-refractivity contribution is 0.122. The van der Waals surface area contributed by atoms with Gasteiger partial charge in [-0.2, -0.15) is 5.10 Å². The van der Waals surface area contributed by atoms with Gasteiger partial charge in [0.25, 0.3) is 0 Å². The molecule has 1 aliphatic heterocycles. The van der Waals surface area contributed by atoms with Crippen LogP contribution in [0, 0.1) is 0 Å². The highest BCUT2D eigenvalue weighted by Crippen LogP contribution is 2.44. The summed E-state index contributed by atoms with van der Waals surface area (Å²) >= 11 is 6.52. The number of aromatic nitrogens is 4. The number of pyridine rings is 2. The summed E-state index contributed by atoms with van der Waals surface area (Å²) < 4.78 is 7.69. The maximum absolute atomic E-state index is 6.52. The summed E-state index contributed by atoms with van der Waals surface area (Å²) in [6, 6.07) is 37.6. The van der Waals surface area contributed by atoms with E-state index in [-0.39, 0.29) is 0 Å². The number of rotatable bonds is 6. The van der Waals surface area contributed by atoms with Gasteiger partial charge < -0.3 is 9.64 Å². The number of hydrogen-bond donors (Lipinski definition) is 0. The average Bonchev–Trinajstić information content (AvgIpc) is 3.42. The van der Waals surface area contributed by atoms with Crippen LogP contribution < -0.4 is 4.90 Å². The molecule has 6 nitrogen and oxygen atoms in total. The van der Waals surface area contributed by atoms with Crippen LogP contribution in [0.2, 0.25) is 5.15 Å². The third-order valence-electron chi connectivity index (χ3n) is 7.78. The van der Waals surface area contributed by atoms with Crippen LogP contribution in [0.25, 0.3) is 22.2 Å². The van der Waals surface area contributed by atoms with Crippen LogP contribution in [0.3, 0.4) is 0 Å². The van der Waals surface area contributed by atoms with E-state index in [0.29, 0.717) is 18.4 Å². The van der Waals surface area contributed by atoms with E-state index in [2.05, 4.69) is 98.4 Å². The van der Waals surface area contributed by atoms with E-state index < -0.39 is 5.54 Å². The first-order valence-electron chi connectivity index (χ1n) is 13.8. The van der Waals surface area contributed by atoms with E-state index in [1.807, 2.05) is 42.7 Å². The highest BCUT2D eigenvalue weighted by Gasteiger charge is 2.41. The zero-order valence-electron chi connectivity index (χ0n) is 22.4. The molecule has 1 aliphatic rings. The van der Waals surface area contributed by atoms with E-state index in [4.69, 9.17) is 21.4 Å². The number of nitrogens with zero attached hydrogens (tertiary/aromatic N) is 5. The van der Waals surface area contributed by atoms with Crippen molar-refractivity contribution in [2.75, 3.05) is 31.2 Å². The fourth-order valence-corrected chi connectivity index (χ4v) is 6.05. The lowest BCUT2D eigenvalue weighted by atomic mass is 9.77. The van der Waals surface area contributed by atoms with Crippen LogP contribution in [-0.2, 0) is 10.3 Å². The first-order chi connectivity index (χ1) is 20.2. The molecule has 7 rings (SSSR count). The molecular formula is C34H28ClN5O. The monoisotopic (exact) mass is 557 g/mol. The fourth-order valence-electron chi connectivity index (χ4n) is 5.89. The smallest absolute Gasteiger partial charge is 0.138 e. The SMILES string of the molecule is Clc1cc2c(-c3ccnc(N4CCOCC4)c3)nn(C(c3ccccc3)(c3ccccc3)c3ccccc3)c2cn1.